The molecule has 0 spiro atoms. The maximum absolute atomic E-state index is 5.93. The molecule has 0 aliphatic rings. The minimum atomic E-state index is 0.487. The van der Waals surface area contributed by atoms with Gasteiger partial charge >= 0.3 is 0 Å². The smallest absolute Gasteiger partial charge is 0.200 e. The number of nitrogens with zero attached hydrogens (tertiary/aromatic N) is 4. The zero-order valence-corrected chi connectivity index (χ0v) is 13.8. The van der Waals surface area contributed by atoms with Crippen LogP contribution in [0.25, 0.3) is 28.5 Å². The van der Waals surface area contributed by atoms with Gasteiger partial charge in [-0.3, -0.25) is 19.7 Å². The van der Waals surface area contributed by atoms with Crippen LogP contribution in [0.15, 0.2) is 54.9 Å². The average molecular weight is 355 g/mol. The van der Waals surface area contributed by atoms with Crippen molar-refractivity contribution in [3.05, 3.63) is 64.7 Å². The van der Waals surface area contributed by atoms with Crippen LogP contribution >= 0.6 is 23.8 Å². The lowest BCUT2D eigenvalue weighted by Gasteiger charge is -2.03. The third-order valence-corrected chi connectivity index (χ3v) is 4.06. The number of nitrogens with one attached hydrogen (secondary N) is 2. The summed E-state index contributed by atoms with van der Waals surface area (Å²) in [6.07, 6.45) is 3.44. The van der Waals surface area contributed by atoms with E-state index in [1.165, 1.54) is 0 Å². The summed E-state index contributed by atoms with van der Waals surface area (Å²) in [5, 5.41) is 15.2. The van der Waals surface area contributed by atoms with Crippen molar-refractivity contribution in [1.82, 2.24) is 29.9 Å². The molecule has 0 unspecified atom stereocenters. The third kappa shape index (κ3) is 2.64. The van der Waals surface area contributed by atoms with Crippen LogP contribution in [-0.2, 0) is 0 Å². The first kappa shape index (κ1) is 14.8. The van der Waals surface area contributed by atoms with E-state index < -0.39 is 0 Å². The molecule has 0 saturated carbocycles. The Kier molecular flexibility index (Phi) is 3.72. The van der Waals surface area contributed by atoms with E-state index in [0.29, 0.717) is 15.6 Å². The third-order valence-electron chi connectivity index (χ3n) is 3.54. The molecule has 8 heteroatoms. The summed E-state index contributed by atoms with van der Waals surface area (Å²) in [4.78, 5) is 4.13. The number of H-pyrrole nitrogens is 2. The van der Waals surface area contributed by atoms with Crippen LogP contribution in [-0.4, -0.2) is 29.9 Å². The topological polar surface area (TPSA) is 75.2 Å². The fourth-order valence-electron chi connectivity index (χ4n) is 2.41. The Labute approximate surface area is 147 Å². The molecule has 118 valence electrons. The van der Waals surface area contributed by atoms with Crippen LogP contribution in [0.2, 0.25) is 5.02 Å². The van der Waals surface area contributed by atoms with Crippen LogP contribution in [0.4, 0.5) is 0 Å². The summed E-state index contributed by atoms with van der Waals surface area (Å²) >= 11 is 11.3. The maximum atomic E-state index is 5.93. The lowest BCUT2D eigenvalue weighted by Crippen LogP contribution is -1.98. The van der Waals surface area contributed by atoms with E-state index in [4.69, 9.17) is 23.8 Å². The number of aromatic nitrogens is 6. The Morgan fingerprint density at radius 1 is 1.04 bits per heavy atom. The number of hydrogen-bond acceptors (Lipinski definition) is 4. The number of rotatable bonds is 3. The highest BCUT2D eigenvalue weighted by atomic mass is 35.5. The predicted octanol–water partition coefficient (Wildman–Crippen LogP) is 4.04. The molecule has 4 aromatic rings. The fraction of sp³-hybridized carbons (Fsp3) is 0. The van der Waals surface area contributed by atoms with E-state index in [1.807, 2.05) is 47.0 Å². The lowest BCUT2D eigenvalue weighted by molar-refractivity contribution is 1.01. The predicted molar refractivity (Wildman–Crippen MR) is 94.6 cm³/mol. The molecular weight excluding hydrogens is 344 g/mol. The van der Waals surface area contributed by atoms with Crippen LogP contribution in [0.1, 0.15) is 0 Å². The molecular formula is C16H11ClN6S. The highest BCUT2D eigenvalue weighted by Gasteiger charge is 2.14. The first-order valence-corrected chi connectivity index (χ1v) is 7.90. The molecule has 1 aromatic carbocycles. The van der Waals surface area contributed by atoms with Gasteiger partial charge in [0.05, 0.1) is 17.6 Å². The molecule has 0 aliphatic heterocycles. The SMILES string of the molecule is S=c1[nH]nc(-c2cc(-c3ccc(Cl)cc3)n[nH]2)n1-c1cccnc1. The van der Waals surface area contributed by atoms with Crippen molar-refractivity contribution >= 4 is 23.8 Å². The highest BCUT2D eigenvalue weighted by molar-refractivity contribution is 7.71. The van der Waals surface area contributed by atoms with E-state index in [1.54, 1.807) is 12.4 Å². The van der Waals surface area contributed by atoms with Gasteiger partial charge in [-0.25, -0.2) is 0 Å². The molecule has 0 radical (unpaired) electrons. The van der Waals surface area contributed by atoms with Crippen molar-refractivity contribution in [2.45, 2.75) is 0 Å². The number of halogens is 1. The first-order valence-electron chi connectivity index (χ1n) is 7.12. The van der Waals surface area contributed by atoms with Gasteiger partial charge in [0.2, 0.25) is 0 Å². The molecule has 3 aromatic heterocycles. The minimum absolute atomic E-state index is 0.487. The van der Waals surface area contributed by atoms with Gasteiger partial charge in [-0.15, -0.1) is 0 Å². The Balaban J connectivity index is 1.79. The Hall–Kier alpha value is -2.77. The molecule has 0 saturated heterocycles. The second kappa shape index (κ2) is 6.03. The summed E-state index contributed by atoms with van der Waals surface area (Å²) < 4.78 is 2.29. The van der Waals surface area contributed by atoms with Gasteiger partial charge in [0.1, 0.15) is 5.69 Å². The average Bonchev–Trinajstić information content (AvgIpc) is 3.23. The summed E-state index contributed by atoms with van der Waals surface area (Å²) in [6.45, 7) is 0. The Bertz CT molecular complexity index is 1030. The van der Waals surface area contributed by atoms with E-state index in [-0.39, 0.29) is 0 Å². The zero-order chi connectivity index (χ0) is 16.5. The molecule has 3 heterocycles. The molecule has 24 heavy (non-hydrogen) atoms. The summed E-state index contributed by atoms with van der Waals surface area (Å²) in [7, 11) is 0. The summed E-state index contributed by atoms with van der Waals surface area (Å²) in [5.41, 5.74) is 3.34. The molecule has 2 N–H and O–H groups in total. The van der Waals surface area contributed by atoms with Gasteiger partial charge in [-0.1, -0.05) is 23.7 Å². The second-order valence-corrected chi connectivity index (χ2v) is 5.90. The molecule has 0 aliphatic carbocycles. The molecule has 0 bridgehead atoms. The van der Waals surface area contributed by atoms with Crippen LogP contribution in [0, 0.1) is 4.77 Å². The molecule has 6 nitrogen and oxygen atoms in total. The molecule has 0 amide bonds. The first-order chi connectivity index (χ1) is 11.7. The maximum Gasteiger partial charge on any atom is 0.200 e. The standard InChI is InChI=1S/C16H11ClN6S/c17-11-5-3-10(4-6-11)13-8-14(20-19-13)15-21-22-16(24)23(15)12-2-1-7-18-9-12/h1-9H,(H,19,20)(H,22,24). The highest BCUT2D eigenvalue weighted by Crippen LogP contribution is 2.25. The largest absolute Gasteiger partial charge is 0.274 e. The van der Waals surface area contributed by atoms with Gasteiger partial charge in [0, 0.05) is 16.8 Å². The van der Waals surface area contributed by atoms with Crippen LogP contribution < -0.4 is 0 Å². The quantitative estimate of drug-likeness (QED) is 0.544. The van der Waals surface area contributed by atoms with Crippen LogP contribution in [0.5, 0.6) is 0 Å². The number of aromatic amines is 2. The molecule has 4 rings (SSSR count). The van der Waals surface area contributed by atoms with Gasteiger partial charge in [0.25, 0.3) is 0 Å². The van der Waals surface area contributed by atoms with Gasteiger partial charge in [-0.2, -0.15) is 10.2 Å². The van der Waals surface area contributed by atoms with Crippen molar-refractivity contribution < 1.29 is 0 Å². The van der Waals surface area contributed by atoms with Gasteiger partial charge in [-0.05, 0) is 42.5 Å². The number of hydrogen-bond donors (Lipinski definition) is 2. The normalized spacial score (nSPS) is 10.9. The summed E-state index contributed by atoms with van der Waals surface area (Å²) in [5.74, 6) is 0.640. The molecule has 0 atom stereocenters. The van der Waals surface area contributed by atoms with Gasteiger partial charge < -0.3 is 0 Å². The van der Waals surface area contributed by atoms with E-state index in [0.717, 1.165) is 22.6 Å². The van der Waals surface area contributed by atoms with Crippen molar-refractivity contribution in [2.75, 3.05) is 0 Å². The minimum Gasteiger partial charge on any atom is -0.274 e. The number of benzene rings is 1. The lowest BCUT2D eigenvalue weighted by atomic mass is 10.1. The zero-order valence-electron chi connectivity index (χ0n) is 12.3. The van der Waals surface area contributed by atoms with Crippen molar-refractivity contribution in [3.8, 4) is 28.5 Å². The summed E-state index contributed by atoms with van der Waals surface area (Å²) in [6, 6.07) is 13.2. The van der Waals surface area contributed by atoms with Gasteiger partial charge in [0.15, 0.2) is 10.6 Å². The van der Waals surface area contributed by atoms with E-state index in [9.17, 15) is 0 Å². The Morgan fingerprint density at radius 3 is 2.62 bits per heavy atom. The second-order valence-electron chi connectivity index (χ2n) is 5.07. The van der Waals surface area contributed by atoms with Crippen molar-refractivity contribution in [3.63, 3.8) is 0 Å². The fourth-order valence-corrected chi connectivity index (χ4v) is 2.77. The number of pyridine rings is 1. The van der Waals surface area contributed by atoms with E-state index in [2.05, 4.69) is 25.4 Å². The van der Waals surface area contributed by atoms with Crippen molar-refractivity contribution in [2.24, 2.45) is 0 Å². The van der Waals surface area contributed by atoms with Crippen molar-refractivity contribution in [1.29, 1.82) is 0 Å². The Morgan fingerprint density at radius 2 is 1.88 bits per heavy atom. The van der Waals surface area contributed by atoms with Crippen LogP contribution in [0.3, 0.4) is 0 Å². The van der Waals surface area contributed by atoms with E-state index >= 15 is 0 Å². The monoisotopic (exact) mass is 354 g/mol. The molecule has 0 fully saturated rings.